The van der Waals surface area contributed by atoms with Crippen LogP contribution in [0.15, 0.2) is 29.1 Å². The normalized spacial score (nSPS) is 21.3. The predicted molar refractivity (Wildman–Crippen MR) is 94.1 cm³/mol. The molecule has 120 valence electrons. The van der Waals surface area contributed by atoms with Crippen LogP contribution in [0.3, 0.4) is 0 Å². The minimum absolute atomic E-state index is 0.254. The number of nitrogen functional groups attached to an aromatic ring is 1. The molecule has 0 spiro atoms. The van der Waals surface area contributed by atoms with Crippen LogP contribution in [-0.2, 0) is 7.05 Å². The fraction of sp³-hybridized carbons (Fsp3) is 0.375. The number of aryl methyl sites for hydroxylation is 1. The molecule has 1 aliphatic carbocycles. The minimum atomic E-state index is 0.254. The van der Waals surface area contributed by atoms with E-state index < -0.39 is 0 Å². The molecule has 3 heterocycles. The largest absolute Gasteiger partial charge is 0.383 e. The van der Waals surface area contributed by atoms with E-state index in [4.69, 9.17) is 16.5 Å². The van der Waals surface area contributed by atoms with Crippen molar-refractivity contribution in [2.75, 3.05) is 5.73 Å². The fourth-order valence-corrected chi connectivity index (χ4v) is 4.00. The Bertz CT molecular complexity index is 880. The minimum Gasteiger partial charge on any atom is -0.383 e. The predicted octanol–water partition coefficient (Wildman–Crippen LogP) is 2.67. The van der Waals surface area contributed by atoms with Crippen molar-refractivity contribution in [2.45, 2.75) is 31.2 Å². The van der Waals surface area contributed by atoms with Crippen LogP contribution in [-0.4, -0.2) is 25.2 Å². The first-order chi connectivity index (χ1) is 11.0. The van der Waals surface area contributed by atoms with Crippen LogP contribution in [0.1, 0.15) is 30.9 Å². The lowest BCUT2D eigenvalue weighted by atomic mass is 10.0. The summed E-state index contributed by atoms with van der Waals surface area (Å²) < 4.78 is 4.55. The maximum absolute atomic E-state index is 6.30. The maximum atomic E-state index is 6.30. The number of aromatic nitrogens is 4. The number of nitrogens with two attached hydrogens (primary N) is 2. The number of nitrogens with zero attached hydrogens (tertiary/aromatic N) is 4. The summed E-state index contributed by atoms with van der Waals surface area (Å²) in [5, 5.41) is 4.41. The van der Waals surface area contributed by atoms with E-state index in [1.54, 1.807) is 4.52 Å². The van der Waals surface area contributed by atoms with Crippen LogP contribution in [0.25, 0.3) is 16.8 Å². The van der Waals surface area contributed by atoms with Gasteiger partial charge in [-0.3, -0.25) is 0 Å². The first-order valence-corrected chi connectivity index (χ1v) is 8.54. The third-order valence-electron chi connectivity index (χ3n) is 4.65. The van der Waals surface area contributed by atoms with Crippen LogP contribution < -0.4 is 11.5 Å². The number of hydrogen-bond acceptors (Lipinski definition) is 4. The van der Waals surface area contributed by atoms with Crippen LogP contribution in [0.5, 0.6) is 0 Å². The number of fused-ring (bicyclic) bond motifs is 1. The summed E-state index contributed by atoms with van der Waals surface area (Å²) in [5.41, 5.74) is 16.2. The average molecular weight is 375 g/mol. The monoisotopic (exact) mass is 374 g/mol. The summed E-state index contributed by atoms with van der Waals surface area (Å²) in [6, 6.07) is 2.31. The van der Waals surface area contributed by atoms with Crippen molar-refractivity contribution in [3.8, 4) is 11.1 Å². The van der Waals surface area contributed by atoms with E-state index in [9.17, 15) is 0 Å². The van der Waals surface area contributed by atoms with E-state index in [-0.39, 0.29) is 6.04 Å². The molecule has 3 aromatic heterocycles. The highest BCUT2D eigenvalue weighted by atomic mass is 79.9. The van der Waals surface area contributed by atoms with Gasteiger partial charge in [0.25, 0.3) is 0 Å². The molecule has 1 aliphatic rings. The Labute approximate surface area is 142 Å². The van der Waals surface area contributed by atoms with Crippen LogP contribution >= 0.6 is 15.9 Å². The molecule has 1 fully saturated rings. The highest BCUT2D eigenvalue weighted by Gasteiger charge is 2.28. The van der Waals surface area contributed by atoms with Gasteiger partial charge in [-0.25, -0.2) is 4.98 Å². The van der Waals surface area contributed by atoms with E-state index in [1.165, 1.54) is 0 Å². The van der Waals surface area contributed by atoms with Gasteiger partial charge in [-0.15, -0.1) is 0 Å². The second kappa shape index (κ2) is 5.35. The lowest BCUT2D eigenvalue weighted by Gasteiger charge is -2.14. The zero-order valence-corrected chi connectivity index (χ0v) is 14.5. The molecule has 7 heteroatoms. The van der Waals surface area contributed by atoms with E-state index in [2.05, 4.69) is 33.3 Å². The number of hydrogen-bond donors (Lipinski definition) is 2. The third-order valence-corrected chi connectivity index (χ3v) is 5.46. The zero-order chi connectivity index (χ0) is 16.1. The molecular weight excluding hydrogens is 356 g/mol. The molecule has 0 amide bonds. The van der Waals surface area contributed by atoms with Crippen molar-refractivity contribution in [2.24, 2.45) is 12.8 Å². The summed E-state index contributed by atoms with van der Waals surface area (Å²) in [5.74, 6) is 0.942. The van der Waals surface area contributed by atoms with Gasteiger partial charge < -0.3 is 16.0 Å². The van der Waals surface area contributed by atoms with Gasteiger partial charge in [-0.1, -0.05) is 0 Å². The average Bonchev–Trinajstić information content (AvgIpc) is 3.22. The highest BCUT2D eigenvalue weighted by Crippen LogP contribution is 2.39. The Morgan fingerprint density at radius 2 is 2.17 bits per heavy atom. The van der Waals surface area contributed by atoms with Gasteiger partial charge >= 0.3 is 0 Å². The zero-order valence-electron chi connectivity index (χ0n) is 12.9. The topological polar surface area (TPSA) is 87.2 Å². The number of anilines is 1. The molecule has 3 aromatic rings. The molecule has 23 heavy (non-hydrogen) atoms. The van der Waals surface area contributed by atoms with Crippen molar-refractivity contribution >= 4 is 27.4 Å². The Hall–Kier alpha value is -1.86. The van der Waals surface area contributed by atoms with Crippen molar-refractivity contribution in [1.29, 1.82) is 0 Å². The number of halogens is 1. The second-order valence-corrected chi connectivity index (χ2v) is 7.12. The number of rotatable bonds is 2. The molecule has 1 saturated carbocycles. The van der Waals surface area contributed by atoms with E-state index in [0.29, 0.717) is 11.7 Å². The summed E-state index contributed by atoms with van der Waals surface area (Å²) in [4.78, 5) is 4.91. The molecule has 6 nitrogen and oxygen atoms in total. The van der Waals surface area contributed by atoms with Crippen molar-refractivity contribution in [3.63, 3.8) is 0 Å². The van der Waals surface area contributed by atoms with Crippen molar-refractivity contribution < 1.29 is 0 Å². The summed E-state index contributed by atoms with van der Waals surface area (Å²) in [6.45, 7) is 0. The van der Waals surface area contributed by atoms with Gasteiger partial charge in [0.2, 0.25) is 0 Å². The molecule has 0 unspecified atom stereocenters. The maximum Gasteiger partial charge on any atom is 0.165 e. The lowest BCUT2D eigenvalue weighted by Crippen LogP contribution is -2.15. The Balaban J connectivity index is 1.90. The van der Waals surface area contributed by atoms with Gasteiger partial charge in [-0.2, -0.15) is 9.61 Å². The Morgan fingerprint density at radius 1 is 1.35 bits per heavy atom. The van der Waals surface area contributed by atoms with E-state index in [1.807, 2.05) is 24.0 Å². The van der Waals surface area contributed by atoms with Crippen LogP contribution in [0, 0.1) is 0 Å². The molecule has 4 N–H and O–H groups in total. The molecular formula is C16H19BrN6. The van der Waals surface area contributed by atoms with E-state index >= 15 is 0 Å². The van der Waals surface area contributed by atoms with E-state index in [0.717, 1.165) is 46.2 Å². The summed E-state index contributed by atoms with van der Waals surface area (Å²) >= 11 is 3.61. The van der Waals surface area contributed by atoms with Gasteiger partial charge in [-0.05, 0) is 41.3 Å². The molecule has 0 aliphatic heterocycles. The lowest BCUT2D eigenvalue weighted by molar-refractivity contribution is 0.658. The van der Waals surface area contributed by atoms with Gasteiger partial charge in [0.1, 0.15) is 5.82 Å². The van der Waals surface area contributed by atoms with Crippen molar-refractivity contribution in [3.05, 3.63) is 34.8 Å². The standard InChI is InChI=1S/C16H19BrN6/c1-22-5-4-10(8-22)12-7-20-23-15(19)13(17)14(21-16(12)23)9-2-3-11(18)6-9/h4-5,7-9,11H,2-3,6,18-19H2,1H3/t9-,11-/m1/s1. The van der Waals surface area contributed by atoms with Gasteiger partial charge in [0.05, 0.1) is 16.4 Å². The second-order valence-electron chi connectivity index (χ2n) is 6.33. The van der Waals surface area contributed by atoms with Crippen LogP contribution in [0.4, 0.5) is 5.82 Å². The molecule has 0 radical (unpaired) electrons. The molecule has 0 aromatic carbocycles. The smallest absolute Gasteiger partial charge is 0.165 e. The molecule has 0 bridgehead atoms. The quantitative estimate of drug-likeness (QED) is 0.721. The first kappa shape index (κ1) is 14.7. The summed E-state index contributed by atoms with van der Waals surface area (Å²) in [6.07, 6.45) is 8.94. The Kier molecular flexibility index (Phi) is 3.42. The van der Waals surface area contributed by atoms with Crippen LogP contribution in [0.2, 0.25) is 0 Å². The molecule has 0 saturated heterocycles. The molecule has 4 rings (SSSR count). The first-order valence-electron chi connectivity index (χ1n) is 7.75. The van der Waals surface area contributed by atoms with Gasteiger partial charge in [0.15, 0.2) is 5.65 Å². The third kappa shape index (κ3) is 2.35. The SMILES string of the molecule is Cn1ccc(-c2cnn3c(N)c(Br)c([C@@H]4CC[C@@H](N)C4)nc23)c1. The fourth-order valence-electron chi connectivity index (χ4n) is 3.41. The highest BCUT2D eigenvalue weighted by molar-refractivity contribution is 9.10. The Morgan fingerprint density at radius 3 is 2.83 bits per heavy atom. The van der Waals surface area contributed by atoms with Gasteiger partial charge in [0, 0.05) is 42.5 Å². The van der Waals surface area contributed by atoms with Crippen molar-refractivity contribution in [1.82, 2.24) is 19.2 Å². The molecule has 2 atom stereocenters. The summed E-state index contributed by atoms with van der Waals surface area (Å²) in [7, 11) is 2.00.